The molecule has 1 fully saturated rings. The molecule has 5 heterocycles. The number of rotatable bonds is 3. The number of nitrogens with one attached hydrogen (secondary N) is 2. The highest BCUT2D eigenvalue weighted by Crippen LogP contribution is 2.32. The van der Waals surface area contributed by atoms with Crippen LogP contribution in [-0.2, 0) is 0 Å². The van der Waals surface area contributed by atoms with Gasteiger partial charge in [0.1, 0.15) is 11.5 Å². The van der Waals surface area contributed by atoms with E-state index in [4.69, 9.17) is 0 Å². The minimum atomic E-state index is -0.199. The van der Waals surface area contributed by atoms with E-state index in [9.17, 15) is 4.79 Å². The number of aromatic nitrogens is 4. The molecule has 136 valence electrons. The molecule has 5 rings (SSSR count). The number of H-pyrrole nitrogens is 1. The molecule has 1 amide bonds. The first-order valence-corrected chi connectivity index (χ1v) is 9.10. The molecule has 0 spiro atoms. The second kappa shape index (κ2) is 6.21. The highest BCUT2D eigenvalue weighted by molar-refractivity contribution is 6.04. The summed E-state index contributed by atoms with van der Waals surface area (Å²) in [6.45, 7) is 1.13. The number of hydrogen-bond acceptors (Lipinski definition) is 4. The van der Waals surface area contributed by atoms with Gasteiger partial charge in [0.15, 0.2) is 0 Å². The first kappa shape index (κ1) is 16.0. The predicted molar refractivity (Wildman–Crippen MR) is 104 cm³/mol. The van der Waals surface area contributed by atoms with E-state index in [1.54, 1.807) is 24.5 Å². The van der Waals surface area contributed by atoms with Crippen molar-refractivity contribution >= 4 is 28.3 Å². The van der Waals surface area contributed by atoms with Crippen molar-refractivity contribution in [1.29, 1.82) is 0 Å². The van der Waals surface area contributed by atoms with E-state index in [-0.39, 0.29) is 5.91 Å². The number of pyridine rings is 2. The highest BCUT2D eigenvalue weighted by atomic mass is 16.1. The number of aromatic amines is 1. The molecule has 4 aromatic heterocycles. The summed E-state index contributed by atoms with van der Waals surface area (Å²) in [4.78, 5) is 27.0. The van der Waals surface area contributed by atoms with Crippen LogP contribution in [0.25, 0.3) is 16.6 Å². The van der Waals surface area contributed by atoms with Crippen LogP contribution < -0.4 is 5.32 Å². The zero-order chi connectivity index (χ0) is 18.4. The molecule has 0 unspecified atom stereocenters. The summed E-state index contributed by atoms with van der Waals surface area (Å²) in [7, 11) is 2.16. The SMILES string of the molecule is CN1CCC[C@@H]1c1cc2cnc(NC(=O)c3ccn4ccnc4c3)cc2[nH]1. The van der Waals surface area contributed by atoms with Gasteiger partial charge in [-0.05, 0) is 44.6 Å². The molecule has 0 saturated carbocycles. The van der Waals surface area contributed by atoms with E-state index in [2.05, 4.69) is 38.3 Å². The largest absolute Gasteiger partial charge is 0.357 e. The normalized spacial score (nSPS) is 17.7. The van der Waals surface area contributed by atoms with E-state index in [0.29, 0.717) is 17.4 Å². The Kier molecular flexibility index (Phi) is 3.68. The topological polar surface area (TPSA) is 78.3 Å². The van der Waals surface area contributed by atoms with Gasteiger partial charge in [-0.3, -0.25) is 9.69 Å². The van der Waals surface area contributed by atoms with E-state index in [0.717, 1.165) is 29.5 Å². The van der Waals surface area contributed by atoms with Gasteiger partial charge in [0.2, 0.25) is 0 Å². The van der Waals surface area contributed by atoms with Crippen LogP contribution in [0.2, 0.25) is 0 Å². The Morgan fingerprint density at radius 1 is 1.26 bits per heavy atom. The first-order chi connectivity index (χ1) is 13.2. The molecule has 1 aliphatic heterocycles. The standard InChI is InChI=1S/C20H20N6O/c1-25-6-2-3-17(25)16-9-14-12-22-18(11-15(14)23-16)24-20(27)13-4-7-26-8-5-21-19(26)10-13/h4-5,7-12,17,23H,2-3,6H2,1H3,(H,22,24,27)/t17-/m1/s1. The molecule has 1 saturated heterocycles. The molecule has 1 aliphatic rings. The molecule has 7 heteroatoms. The smallest absolute Gasteiger partial charge is 0.257 e. The Hall–Kier alpha value is -3.19. The monoisotopic (exact) mass is 360 g/mol. The number of nitrogens with zero attached hydrogens (tertiary/aromatic N) is 4. The first-order valence-electron chi connectivity index (χ1n) is 9.10. The highest BCUT2D eigenvalue weighted by Gasteiger charge is 2.24. The molecule has 7 nitrogen and oxygen atoms in total. The van der Waals surface area contributed by atoms with Crippen LogP contribution in [0.5, 0.6) is 0 Å². The van der Waals surface area contributed by atoms with Crippen molar-refractivity contribution in [3.63, 3.8) is 0 Å². The van der Waals surface area contributed by atoms with Crippen molar-refractivity contribution in [1.82, 2.24) is 24.3 Å². The van der Waals surface area contributed by atoms with E-state index in [1.807, 2.05) is 22.9 Å². The third-order valence-corrected chi connectivity index (χ3v) is 5.31. The third-order valence-electron chi connectivity index (χ3n) is 5.31. The molecule has 4 aromatic rings. The minimum absolute atomic E-state index is 0.199. The van der Waals surface area contributed by atoms with Crippen molar-refractivity contribution in [3.8, 4) is 0 Å². The van der Waals surface area contributed by atoms with Gasteiger partial charge in [-0.1, -0.05) is 0 Å². The van der Waals surface area contributed by atoms with Crippen molar-refractivity contribution in [2.24, 2.45) is 0 Å². The van der Waals surface area contributed by atoms with Gasteiger partial charge in [0, 0.05) is 53.5 Å². The summed E-state index contributed by atoms with van der Waals surface area (Å²) in [5.41, 5.74) is 3.48. The fraction of sp³-hybridized carbons (Fsp3) is 0.250. The molecule has 0 aromatic carbocycles. The van der Waals surface area contributed by atoms with Crippen LogP contribution in [0.4, 0.5) is 5.82 Å². The minimum Gasteiger partial charge on any atom is -0.357 e. The zero-order valence-electron chi connectivity index (χ0n) is 15.0. The van der Waals surface area contributed by atoms with Crippen LogP contribution in [0.3, 0.4) is 0 Å². The lowest BCUT2D eigenvalue weighted by atomic mass is 10.1. The third kappa shape index (κ3) is 2.86. The van der Waals surface area contributed by atoms with Crippen molar-refractivity contribution < 1.29 is 4.79 Å². The summed E-state index contributed by atoms with van der Waals surface area (Å²) in [6.07, 6.45) is 9.56. The number of carbonyl (C=O) groups excluding carboxylic acids is 1. The van der Waals surface area contributed by atoms with Crippen LogP contribution >= 0.6 is 0 Å². The second-order valence-corrected chi connectivity index (χ2v) is 7.08. The van der Waals surface area contributed by atoms with Crippen LogP contribution in [0.15, 0.2) is 49.1 Å². The van der Waals surface area contributed by atoms with Crippen LogP contribution in [0.1, 0.15) is 34.9 Å². The lowest BCUT2D eigenvalue weighted by Crippen LogP contribution is -2.17. The van der Waals surface area contributed by atoms with E-state index >= 15 is 0 Å². The summed E-state index contributed by atoms with van der Waals surface area (Å²) < 4.78 is 1.86. The number of fused-ring (bicyclic) bond motifs is 2. The second-order valence-electron chi connectivity index (χ2n) is 7.08. The average Bonchev–Trinajstić information content (AvgIpc) is 3.39. The average molecular weight is 360 g/mol. The fourth-order valence-electron chi connectivity index (χ4n) is 3.84. The molecule has 1 atom stereocenters. The summed E-state index contributed by atoms with van der Waals surface area (Å²) in [5, 5.41) is 3.93. The Labute approximate surface area is 156 Å². The number of imidazole rings is 1. The van der Waals surface area contributed by atoms with Gasteiger partial charge < -0.3 is 14.7 Å². The van der Waals surface area contributed by atoms with Crippen molar-refractivity contribution in [2.45, 2.75) is 18.9 Å². The van der Waals surface area contributed by atoms with E-state index < -0.39 is 0 Å². The van der Waals surface area contributed by atoms with Crippen molar-refractivity contribution in [3.05, 3.63) is 60.3 Å². The summed E-state index contributed by atoms with van der Waals surface area (Å²) in [5.74, 6) is 0.332. The summed E-state index contributed by atoms with van der Waals surface area (Å²) >= 11 is 0. The predicted octanol–water partition coefficient (Wildman–Crippen LogP) is 3.23. The maximum absolute atomic E-state index is 12.6. The lowest BCUT2D eigenvalue weighted by Gasteiger charge is -2.17. The van der Waals surface area contributed by atoms with Gasteiger partial charge in [-0.15, -0.1) is 0 Å². The number of carbonyl (C=O) groups is 1. The molecule has 2 N–H and O–H groups in total. The summed E-state index contributed by atoms with van der Waals surface area (Å²) in [6, 6.07) is 8.01. The maximum atomic E-state index is 12.6. The van der Waals surface area contributed by atoms with Gasteiger partial charge in [0.05, 0.1) is 5.52 Å². The number of amides is 1. The van der Waals surface area contributed by atoms with Gasteiger partial charge >= 0.3 is 0 Å². The van der Waals surface area contributed by atoms with E-state index in [1.165, 1.54) is 12.1 Å². The molecule has 27 heavy (non-hydrogen) atoms. The Morgan fingerprint density at radius 2 is 2.19 bits per heavy atom. The molecular formula is C20H20N6O. The lowest BCUT2D eigenvalue weighted by molar-refractivity contribution is 0.102. The number of anilines is 1. The Balaban J connectivity index is 1.40. The molecule has 0 aliphatic carbocycles. The van der Waals surface area contributed by atoms with Crippen molar-refractivity contribution in [2.75, 3.05) is 18.9 Å². The Morgan fingerprint density at radius 3 is 3.04 bits per heavy atom. The van der Waals surface area contributed by atoms with Crippen LogP contribution in [-0.4, -0.2) is 43.8 Å². The molecular weight excluding hydrogens is 340 g/mol. The van der Waals surface area contributed by atoms with Gasteiger partial charge in [-0.2, -0.15) is 0 Å². The van der Waals surface area contributed by atoms with Gasteiger partial charge in [0.25, 0.3) is 5.91 Å². The number of hydrogen-bond donors (Lipinski definition) is 2. The fourth-order valence-corrected chi connectivity index (χ4v) is 3.84. The van der Waals surface area contributed by atoms with Crippen LogP contribution in [0, 0.1) is 0 Å². The molecule has 0 bridgehead atoms. The quantitative estimate of drug-likeness (QED) is 0.588. The Bertz CT molecular complexity index is 1140. The molecule has 0 radical (unpaired) electrons. The zero-order valence-corrected chi connectivity index (χ0v) is 15.0. The maximum Gasteiger partial charge on any atom is 0.257 e. The number of likely N-dealkylation sites (tertiary alicyclic amines) is 1. The van der Waals surface area contributed by atoms with Gasteiger partial charge in [-0.25, -0.2) is 9.97 Å².